The summed E-state index contributed by atoms with van der Waals surface area (Å²) in [5.74, 6) is 0.0634. The topological polar surface area (TPSA) is 72.3 Å². The maximum absolute atomic E-state index is 12.8. The summed E-state index contributed by atoms with van der Waals surface area (Å²) in [6, 6.07) is 22.2. The summed E-state index contributed by atoms with van der Waals surface area (Å²) in [4.78, 5) is 15.0. The number of nitrogens with zero attached hydrogens (tertiary/aromatic N) is 1. The fraction of sp³-hybridized carbons (Fsp3) is 0.174. The molecule has 1 aliphatic heterocycles. The van der Waals surface area contributed by atoms with Gasteiger partial charge in [0.15, 0.2) is 5.78 Å². The zero-order chi connectivity index (χ0) is 19.0. The Morgan fingerprint density at radius 3 is 2.41 bits per heavy atom. The number of benzene rings is 3. The molecule has 0 aromatic heterocycles. The molecular formula is C23H23N3O. The number of hydrogen-bond acceptors (Lipinski definition) is 4. The van der Waals surface area contributed by atoms with Gasteiger partial charge in [0.25, 0.3) is 0 Å². The van der Waals surface area contributed by atoms with E-state index in [0.29, 0.717) is 13.0 Å². The smallest absolute Gasteiger partial charge is 0.164 e. The first kappa shape index (κ1) is 17.3. The van der Waals surface area contributed by atoms with Crippen LogP contribution in [0.4, 0.5) is 17.1 Å². The molecule has 0 saturated carbocycles. The quantitative estimate of drug-likeness (QED) is 0.545. The highest BCUT2D eigenvalue weighted by Crippen LogP contribution is 2.49. The first-order chi connectivity index (χ1) is 13.1. The van der Waals surface area contributed by atoms with Gasteiger partial charge in [-0.25, -0.2) is 0 Å². The molecule has 0 amide bonds. The Hall–Kier alpha value is -3.11. The van der Waals surface area contributed by atoms with E-state index in [2.05, 4.69) is 35.2 Å². The molecule has 0 saturated heterocycles. The molecule has 4 heteroatoms. The minimum atomic E-state index is -0.0223. The van der Waals surface area contributed by atoms with E-state index in [1.807, 2.05) is 43.4 Å². The van der Waals surface area contributed by atoms with E-state index in [-0.39, 0.29) is 11.7 Å². The number of Topliss-reactive ketones (excluding diaryl/α,β-unsaturated/α-hetero) is 1. The summed E-state index contributed by atoms with van der Waals surface area (Å²) in [6.07, 6.45) is 0.344. The lowest BCUT2D eigenvalue weighted by molar-refractivity contribution is 0.0984. The number of hydrogen-bond donors (Lipinski definition) is 2. The molecule has 0 bridgehead atoms. The van der Waals surface area contributed by atoms with Gasteiger partial charge < -0.3 is 16.4 Å². The lowest BCUT2D eigenvalue weighted by Crippen LogP contribution is -2.25. The van der Waals surface area contributed by atoms with Gasteiger partial charge in [0.2, 0.25) is 0 Å². The number of nitrogen functional groups attached to an aromatic ring is 1. The third-order valence-electron chi connectivity index (χ3n) is 5.28. The molecule has 1 atom stereocenters. The van der Waals surface area contributed by atoms with Crippen molar-refractivity contribution in [3.8, 4) is 0 Å². The van der Waals surface area contributed by atoms with E-state index in [1.165, 1.54) is 5.56 Å². The summed E-state index contributed by atoms with van der Waals surface area (Å²) in [5.41, 5.74) is 18.6. The average molecular weight is 357 g/mol. The summed E-state index contributed by atoms with van der Waals surface area (Å²) < 4.78 is 0. The Kier molecular flexibility index (Phi) is 4.42. The predicted molar refractivity (Wildman–Crippen MR) is 111 cm³/mol. The number of anilines is 3. The molecule has 1 unspecified atom stereocenters. The highest BCUT2D eigenvalue weighted by molar-refractivity contribution is 6.00. The van der Waals surface area contributed by atoms with Crippen LogP contribution >= 0.6 is 0 Å². The Morgan fingerprint density at radius 1 is 0.963 bits per heavy atom. The molecule has 4 rings (SSSR count). The molecule has 4 nitrogen and oxygen atoms in total. The zero-order valence-corrected chi connectivity index (χ0v) is 15.4. The molecule has 3 aromatic rings. The van der Waals surface area contributed by atoms with Gasteiger partial charge in [-0.05, 0) is 47.5 Å². The van der Waals surface area contributed by atoms with Crippen LogP contribution in [0, 0.1) is 0 Å². The normalized spacial score (nSPS) is 15.2. The van der Waals surface area contributed by atoms with Crippen molar-refractivity contribution in [3.05, 3.63) is 89.0 Å². The zero-order valence-electron chi connectivity index (χ0n) is 15.4. The number of carbonyl (C=O) groups excluding carboxylic acids is 1. The largest absolute Gasteiger partial charge is 0.399 e. The molecular weight excluding hydrogens is 334 g/mol. The van der Waals surface area contributed by atoms with Gasteiger partial charge in [0.1, 0.15) is 0 Å². The van der Waals surface area contributed by atoms with Gasteiger partial charge in [-0.3, -0.25) is 4.79 Å². The van der Waals surface area contributed by atoms with Crippen LogP contribution in [0.15, 0.2) is 66.7 Å². The molecule has 1 aliphatic rings. The van der Waals surface area contributed by atoms with Crippen molar-refractivity contribution in [3.63, 3.8) is 0 Å². The molecule has 0 spiro atoms. The molecule has 0 radical (unpaired) electrons. The van der Waals surface area contributed by atoms with E-state index >= 15 is 0 Å². The fourth-order valence-corrected chi connectivity index (χ4v) is 4.01. The van der Waals surface area contributed by atoms with Crippen LogP contribution in [0.25, 0.3) is 0 Å². The first-order valence-corrected chi connectivity index (χ1v) is 9.16. The van der Waals surface area contributed by atoms with Gasteiger partial charge in [0.05, 0.1) is 0 Å². The number of ketones is 1. The van der Waals surface area contributed by atoms with Crippen molar-refractivity contribution in [2.24, 2.45) is 5.73 Å². The Labute approximate surface area is 159 Å². The average Bonchev–Trinajstić information content (AvgIpc) is 2.69. The SMILES string of the molecule is CN1c2ccccc2C(c2ccc(N)cc2)c2c(C(=O)CCN)cccc21. The Balaban J connectivity index is 2.00. The monoisotopic (exact) mass is 357 g/mol. The molecule has 0 aliphatic carbocycles. The number of para-hydroxylation sites is 1. The van der Waals surface area contributed by atoms with Crippen LogP contribution < -0.4 is 16.4 Å². The van der Waals surface area contributed by atoms with Crippen LogP contribution in [0.1, 0.15) is 39.4 Å². The lowest BCUT2D eigenvalue weighted by Gasteiger charge is -2.37. The molecule has 1 heterocycles. The molecule has 27 heavy (non-hydrogen) atoms. The van der Waals surface area contributed by atoms with Gasteiger partial charge in [-0.2, -0.15) is 0 Å². The first-order valence-electron chi connectivity index (χ1n) is 9.16. The molecule has 3 aromatic carbocycles. The summed E-state index contributed by atoms with van der Waals surface area (Å²) in [6.45, 7) is 0.349. The second kappa shape index (κ2) is 6.89. The summed E-state index contributed by atoms with van der Waals surface area (Å²) >= 11 is 0. The number of nitrogens with two attached hydrogens (primary N) is 2. The van der Waals surface area contributed by atoms with Crippen LogP contribution in [-0.4, -0.2) is 19.4 Å². The minimum absolute atomic E-state index is 0.0223. The molecule has 4 N–H and O–H groups in total. The Bertz CT molecular complexity index is 995. The van der Waals surface area contributed by atoms with E-state index in [9.17, 15) is 4.79 Å². The van der Waals surface area contributed by atoms with Gasteiger partial charge in [-0.1, -0.05) is 42.5 Å². The van der Waals surface area contributed by atoms with Crippen LogP contribution in [-0.2, 0) is 0 Å². The van der Waals surface area contributed by atoms with Crippen molar-refractivity contribution < 1.29 is 4.79 Å². The van der Waals surface area contributed by atoms with E-state index in [0.717, 1.165) is 33.8 Å². The maximum Gasteiger partial charge on any atom is 0.164 e. The van der Waals surface area contributed by atoms with Crippen LogP contribution in [0.3, 0.4) is 0 Å². The summed E-state index contributed by atoms with van der Waals surface area (Å²) in [5, 5.41) is 0. The van der Waals surface area contributed by atoms with Gasteiger partial charge in [-0.15, -0.1) is 0 Å². The second-order valence-electron chi connectivity index (χ2n) is 6.92. The number of carbonyl (C=O) groups is 1. The molecule has 136 valence electrons. The van der Waals surface area contributed by atoms with Crippen molar-refractivity contribution in [1.82, 2.24) is 0 Å². The van der Waals surface area contributed by atoms with Gasteiger partial charge in [0, 0.05) is 42.0 Å². The molecule has 0 fully saturated rings. The van der Waals surface area contributed by atoms with Crippen molar-refractivity contribution in [2.75, 3.05) is 24.2 Å². The van der Waals surface area contributed by atoms with Crippen molar-refractivity contribution in [1.29, 1.82) is 0 Å². The highest BCUT2D eigenvalue weighted by Gasteiger charge is 2.33. The van der Waals surface area contributed by atoms with Gasteiger partial charge >= 0.3 is 0 Å². The van der Waals surface area contributed by atoms with Crippen LogP contribution in [0.2, 0.25) is 0 Å². The minimum Gasteiger partial charge on any atom is -0.399 e. The summed E-state index contributed by atoms with van der Waals surface area (Å²) in [7, 11) is 2.05. The van der Waals surface area contributed by atoms with Crippen LogP contribution in [0.5, 0.6) is 0 Å². The number of rotatable bonds is 4. The van der Waals surface area contributed by atoms with Crippen molar-refractivity contribution in [2.45, 2.75) is 12.3 Å². The highest BCUT2D eigenvalue weighted by atomic mass is 16.1. The van der Waals surface area contributed by atoms with Crippen molar-refractivity contribution >= 4 is 22.8 Å². The van der Waals surface area contributed by atoms with E-state index in [4.69, 9.17) is 11.5 Å². The number of fused-ring (bicyclic) bond motifs is 2. The second-order valence-corrected chi connectivity index (χ2v) is 6.92. The standard InChI is InChI=1S/C23H23N3O/c1-26-19-7-3-2-5-17(19)22(15-9-11-16(25)12-10-15)23-18(21(27)13-14-24)6-4-8-20(23)26/h2-12,22H,13-14,24-25H2,1H3. The third-order valence-corrected chi connectivity index (χ3v) is 5.28. The lowest BCUT2D eigenvalue weighted by atomic mass is 9.77. The predicted octanol–water partition coefficient (Wildman–Crippen LogP) is 4.06. The maximum atomic E-state index is 12.8. The Morgan fingerprint density at radius 2 is 1.67 bits per heavy atom. The van der Waals surface area contributed by atoms with E-state index < -0.39 is 0 Å². The third kappa shape index (κ3) is 2.88. The van der Waals surface area contributed by atoms with E-state index in [1.54, 1.807) is 0 Å². The fourth-order valence-electron chi connectivity index (χ4n) is 4.01.